The summed E-state index contributed by atoms with van der Waals surface area (Å²) < 4.78 is 56.8. The number of aliphatic imine (C=N–C) groups is 1. The van der Waals surface area contributed by atoms with Crippen LogP contribution in [-0.2, 0) is 39.4 Å². The van der Waals surface area contributed by atoms with Gasteiger partial charge in [-0.05, 0) is 50.5 Å². The number of nitrogens with one attached hydrogen (secondary N) is 1. The maximum Gasteiger partial charge on any atom is 0.341 e. The smallest absolute Gasteiger partial charge is 0.341 e. The molecule has 19 heteroatoms. The third-order valence-corrected chi connectivity index (χ3v) is 11.5. The number of likely N-dealkylation sites (tertiary alicyclic amines) is 1. The lowest BCUT2D eigenvalue weighted by atomic mass is 9.84. The number of benzene rings is 1. The molecule has 5 rings (SSSR count). The fourth-order valence-corrected chi connectivity index (χ4v) is 7.91. The molecule has 0 spiro atoms. The molecule has 1 aromatic heterocycles. The molecular formula is C34H43F2N7O9S. The molecule has 16 nitrogen and oxygen atoms in total. The number of carbonyl (C=O) groups is 5. The lowest BCUT2D eigenvalue weighted by molar-refractivity contribution is -0.146. The van der Waals surface area contributed by atoms with Gasteiger partial charge in [-0.3, -0.25) is 24.0 Å². The zero-order valence-corrected chi connectivity index (χ0v) is 30.2. The highest BCUT2D eigenvalue weighted by Gasteiger charge is 2.49. The van der Waals surface area contributed by atoms with Gasteiger partial charge in [0.2, 0.25) is 21.5 Å². The van der Waals surface area contributed by atoms with E-state index >= 15 is 0 Å². The Morgan fingerprint density at radius 1 is 1.09 bits per heavy atom. The molecule has 2 aromatic rings. The standard InChI is InChI=1S/C34H43F2N7O9S/c1-33(2,49)26-18-38-41-43(26)22-17-25(30(47)40-34(27(44)28(37)45)12-14-52-15-13-34)42(19-22)31(48)24(16-20-6-4-3-5-7-20)39-29(46)21-8-10-23(11-9-21)53(50,51)32(35)36/h8-11,18,20,22,25,32,49H,3-7,12-17,19H2,1-2H3,(H2,37,45)(H,40,47)/t22-,25-/m0/s1. The maximum atomic E-state index is 14.6. The summed E-state index contributed by atoms with van der Waals surface area (Å²) in [6.07, 6.45) is 5.55. The summed E-state index contributed by atoms with van der Waals surface area (Å²) in [7, 11) is -4.92. The van der Waals surface area contributed by atoms with Crippen LogP contribution in [0.3, 0.4) is 0 Å². The van der Waals surface area contributed by atoms with E-state index in [1.807, 2.05) is 0 Å². The molecule has 53 heavy (non-hydrogen) atoms. The van der Waals surface area contributed by atoms with Crippen LogP contribution < -0.4 is 11.1 Å². The van der Waals surface area contributed by atoms with Gasteiger partial charge >= 0.3 is 5.76 Å². The predicted octanol–water partition coefficient (Wildman–Crippen LogP) is 1.62. The van der Waals surface area contributed by atoms with E-state index in [1.165, 1.54) is 29.6 Å². The Balaban J connectivity index is 1.52. The second kappa shape index (κ2) is 15.9. The number of hydrogen-bond donors (Lipinski definition) is 3. The largest absolute Gasteiger partial charge is 0.384 e. The molecule has 3 fully saturated rings. The van der Waals surface area contributed by atoms with E-state index in [9.17, 15) is 46.3 Å². The number of halogens is 2. The number of primary amides is 1. The summed E-state index contributed by atoms with van der Waals surface area (Å²) in [6.45, 7) is 2.99. The van der Waals surface area contributed by atoms with Gasteiger partial charge in [-0.25, -0.2) is 18.1 Å². The van der Waals surface area contributed by atoms with Crippen molar-refractivity contribution in [1.29, 1.82) is 0 Å². The van der Waals surface area contributed by atoms with E-state index in [1.54, 1.807) is 0 Å². The quantitative estimate of drug-likeness (QED) is 0.208. The third kappa shape index (κ3) is 8.67. The van der Waals surface area contributed by atoms with E-state index in [4.69, 9.17) is 10.5 Å². The van der Waals surface area contributed by atoms with E-state index in [0.717, 1.165) is 56.4 Å². The van der Waals surface area contributed by atoms with Gasteiger partial charge < -0.3 is 25.8 Å². The first kappa shape index (κ1) is 39.7. The second-order valence-corrected chi connectivity index (χ2v) is 16.2. The van der Waals surface area contributed by atoms with Gasteiger partial charge in [0.15, 0.2) is 0 Å². The van der Waals surface area contributed by atoms with Gasteiger partial charge in [0, 0.05) is 44.6 Å². The highest BCUT2D eigenvalue weighted by Crippen LogP contribution is 2.34. The minimum atomic E-state index is -4.92. The Labute approximate surface area is 304 Å². The number of ether oxygens (including phenoxy) is 1. The Hall–Kier alpha value is -4.49. The van der Waals surface area contributed by atoms with Crippen LogP contribution in [0.5, 0.6) is 0 Å². The number of rotatable bonds is 12. The van der Waals surface area contributed by atoms with Crippen molar-refractivity contribution in [1.82, 2.24) is 25.2 Å². The van der Waals surface area contributed by atoms with Crippen LogP contribution in [0.4, 0.5) is 8.78 Å². The SMILES string of the molecule is CC(C)(O)c1cnnn1[C@H]1C[C@@H](C(=O)NC2(C(=O)C(N)=O)CCOCC2)N(C(=O)C(CC2CCCCC2)=NC(=O)c2ccc(S(=O)(=O)C(F)F)cc2)C1. The molecule has 4 amide bonds. The topological polar surface area (TPSA) is 233 Å². The van der Waals surface area contributed by atoms with Crippen LogP contribution in [0.2, 0.25) is 0 Å². The zero-order valence-electron chi connectivity index (χ0n) is 29.4. The average molecular weight is 764 g/mol. The zero-order chi connectivity index (χ0) is 38.7. The molecule has 0 radical (unpaired) electrons. The Kier molecular flexibility index (Phi) is 11.9. The number of carbonyl (C=O) groups excluding carboxylic acids is 5. The Bertz CT molecular complexity index is 1860. The van der Waals surface area contributed by atoms with E-state index in [-0.39, 0.29) is 62.6 Å². The number of Topliss-reactive ketones (excluding diaryl/α,β-unsaturated/α-hetero) is 1. The van der Waals surface area contributed by atoms with Crippen LogP contribution in [-0.4, -0.2) is 106 Å². The van der Waals surface area contributed by atoms with Crippen molar-refractivity contribution in [2.24, 2.45) is 16.6 Å². The molecule has 1 saturated carbocycles. The van der Waals surface area contributed by atoms with Gasteiger partial charge in [-0.2, -0.15) is 8.78 Å². The van der Waals surface area contributed by atoms with Crippen molar-refractivity contribution in [3.8, 4) is 0 Å². The van der Waals surface area contributed by atoms with Crippen LogP contribution in [0.1, 0.15) is 93.7 Å². The first-order valence-electron chi connectivity index (χ1n) is 17.4. The molecule has 0 unspecified atom stereocenters. The molecule has 1 aromatic carbocycles. The van der Waals surface area contributed by atoms with Gasteiger partial charge in [0.05, 0.1) is 22.8 Å². The van der Waals surface area contributed by atoms with Crippen LogP contribution >= 0.6 is 0 Å². The summed E-state index contributed by atoms with van der Waals surface area (Å²) in [5.41, 5.74) is 2.22. The fourth-order valence-electron chi connectivity index (χ4n) is 7.19. The van der Waals surface area contributed by atoms with Crippen LogP contribution in [0.25, 0.3) is 0 Å². The lowest BCUT2D eigenvalue weighted by Gasteiger charge is -2.37. The lowest BCUT2D eigenvalue weighted by Crippen LogP contribution is -2.63. The van der Waals surface area contributed by atoms with Gasteiger partial charge in [0.1, 0.15) is 22.9 Å². The molecule has 2 saturated heterocycles. The van der Waals surface area contributed by atoms with Crippen molar-refractivity contribution in [2.45, 2.75) is 106 Å². The molecule has 1 aliphatic carbocycles. The molecule has 2 aliphatic heterocycles. The third-order valence-electron chi connectivity index (χ3n) is 10.1. The van der Waals surface area contributed by atoms with Crippen molar-refractivity contribution in [3.63, 3.8) is 0 Å². The van der Waals surface area contributed by atoms with Crippen LogP contribution in [0.15, 0.2) is 40.4 Å². The average Bonchev–Trinajstić information content (AvgIpc) is 3.80. The molecule has 4 N–H and O–H groups in total. The highest BCUT2D eigenvalue weighted by molar-refractivity contribution is 7.91. The predicted molar refractivity (Wildman–Crippen MR) is 182 cm³/mol. The van der Waals surface area contributed by atoms with Crippen molar-refractivity contribution in [2.75, 3.05) is 19.8 Å². The summed E-state index contributed by atoms with van der Waals surface area (Å²) in [4.78, 5) is 72.2. The van der Waals surface area contributed by atoms with Crippen molar-refractivity contribution < 1.29 is 51.0 Å². The van der Waals surface area contributed by atoms with E-state index in [0.29, 0.717) is 5.69 Å². The summed E-state index contributed by atoms with van der Waals surface area (Å²) in [5.74, 6) is -8.43. The minimum Gasteiger partial charge on any atom is -0.384 e. The fraction of sp³-hybridized carbons (Fsp3) is 0.588. The number of ketones is 1. The molecule has 0 bridgehead atoms. The number of sulfone groups is 1. The number of aromatic nitrogens is 3. The molecule has 2 atom stereocenters. The van der Waals surface area contributed by atoms with Crippen molar-refractivity contribution in [3.05, 3.63) is 41.7 Å². The van der Waals surface area contributed by atoms with Gasteiger partial charge in [-0.15, -0.1) is 5.10 Å². The van der Waals surface area contributed by atoms with Crippen molar-refractivity contribution >= 4 is 45.0 Å². The highest BCUT2D eigenvalue weighted by atomic mass is 32.2. The van der Waals surface area contributed by atoms with E-state index in [2.05, 4.69) is 20.6 Å². The normalized spacial score (nSPS) is 21.4. The molecule has 3 aliphatic rings. The Morgan fingerprint density at radius 2 is 1.74 bits per heavy atom. The second-order valence-electron chi connectivity index (χ2n) is 14.3. The van der Waals surface area contributed by atoms with E-state index < -0.39 is 73.1 Å². The molecular weight excluding hydrogens is 720 g/mol. The number of alkyl halides is 2. The summed E-state index contributed by atoms with van der Waals surface area (Å²) in [5, 5.41) is 21.6. The summed E-state index contributed by atoms with van der Waals surface area (Å²) >= 11 is 0. The number of aliphatic hydroxyl groups is 1. The first-order chi connectivity index (χ1) is 24.9. The number of nitrogens with two attached hydrogens (primary N) is 1. The monoisotopic (exact) mass is 763 g/mol. The summed E-state index contributed by atoms with van der Waals surface area (Å²) in [6, 6.07) is 1.77. The number of hydrogen-bond acceptors (Lipinski definition) is 11. The minimum absolute atomic E-state index is 0.0284. The van der Waals surface area contributed by atoms with Crippen LogP contribution in [0, 0.1) is 5.92 Å². The maximum absolute atomic E-state index is 14.6. The number of amides is 4. The van der Waals surface area contributed by atoms with Gasteiger partial charge in [-0.1, -0.05) is 37.3 Å². The molecule has 3 heterocycles. The number of nitrogens with zero attached hydrogens (tertiary/aromatic N) is 5. The first-order valence-corrected chi connectivity index (χ1v) is 18.9. The molecule has 288 valence electrons. The van der Waals surface area contributed by atoms with Gasteiger partial charge in [0.25, 0.3) is 17.7 Å². The Morgan fingerprint density at radius 3 is 2.32 bits per heavy atom.